The van der Waals surface area contributed by atoms with Crippen LogP contribution in [-0.4, -0.2) is 24.3 Å². The van der Waals surface area contributed by atoms with E-state index in [1.807, 2.05) is 31.2 Å². The van der Waals surface area contributed by atoms with Crippen LogP contribution in [0.25, 0.3) is 0 Å². The highest BCUT2D eigenvalue weighted by Gasteiger charge is 2.05. The van der Waals surface area contributed by atoms with Crippen LogP contribution in [0.1, 0.15) is 25.3 Å². The van der Waals surface area contributed by atoms with Crippen molar-refractivity contribution in [2.45, 2.75) is 32.5 Å². The molecule has 4 nitrogen and oxygen atoms in total. The summed E-state index contributed by atoms with van der Waals surface area (Å²) in [7, 11) is 1.62. The van der Waals surface area contributed by atoms with Gasteiger partial charge >= 0.3 is 5.97 Å². The van der Waals surface area contributed by atoms with E-state index >= 15 is 0 Å². The first kappa shape index (κ1) is 13.5. The monoisotopic (exact) mass is 238 g/mol. The number of carboxylic acids is 1. The third kappa shape index (κ3) is 5.36. The number of carbonyl (C=O) groups is 1. The smallest absolute Gasteiger partial charge is 0.303 e. The van der Waals surface area contributed by atoms with E-state index in [0.717, 1.165) is 11.3 Å². The average molecular weight is 238 g/mol. The number of carboxylic acid groups (broad SMARTS) is 1. The summed E-state index contributed by atoms with van der Waals surface area (Å²) in [6, 6.07) is 7.62. The summed E-state index contributed by atoms with van der Waals surface area (Å²) >= 11 is 0. The summed E-state index contributed by atoms with van der Waals surface area (Å²) in [5, 5.41) is 8.54. The first-order valence-electron chi connectivity index (χ1n) is 5.58. The molecule has 0 heterocycles. The number of benzene rings is 1. The van der Waals surface area contributed by atoms with Crippen LogP contribution in [0.5, 0.6) is 5.75 Å². The summed E-state index contributed by atoms with van der Waals surface area (Å²) in [6.45, 7) is 2.37. The third-order valence-electron chi connectivity index (χ3n) is 2.46. The van der Waals surface area contributed by atoms with Gasteiger partial charge in [-0.25, -0.2) is 0 Å². The quantitative estimate of drug-likeness (QED) is 0.792. The van der Waals surface area contributed by atoms with Gasteiger partial charge in [-0.2, -0.15) is 0 Å². The molecule has 4 heteroatoms. The van der Waals surface area contributed by atoms with Crippen LogP contribution in [0.15, 0.2) is 24.3 Å². The summed E-state index contributed by atoms with van der Waals surface area (Å²) in [5.41, 5.74) is 1.05. The first-order chi connectivity index (χ1) is 8.11. The zero-order valence-electron chi connectivity index (χ0n) is 10.2. The number of hydrogen-bond acceptors (Lipinski definition) is 3. The molecule has 0 saturated carbocycles. The highest BCUT2D eigenvalue weighted by molar-refractivity contribution is 5.66. The maximum absolute atomic E-state index is 10.4. The zero-order chi connectivity index (χ0) is 12.7. The van der Waals surface area contributed by atoms with E-state index in [1.165, 1.54) is 0 Å². The molecule has 0 bridgehead atoms. The second-order valence-corrected chi connectivity index (χ2v) is 3.90. The Labute approximate surface area is 101 Å². The average Bonchev–Trinajstić information content (AvgIpc) is 2.34. The Morgan fingerprint density at radius 1 is 1.35 bits per heavy atom. The summed E-state index contributed by atoms with van der Waals surface area (Å²) in [5.74, 6) is 0.0255. The van der Waals surface area contributed by atoms with Crippen molar-refractivity contribution in [2.75, 3.05) is 7.11 Å². The van der Waals surface area contributed by atoms with Crippen molar-refractivity contribution in [3.05, 3.63) is 29.8 Å². The molecule has 0 spiro atoms. The molecule has 1 atom stereocenters. The first-order valence-corrected chi connectivity index (χ1v) is 5.58. The van der Waals surface area contributed by atoms with Crippen molar-refractivity contribution in [1.82, 2.24) is 0 Å². The van der Waals surface area contributed by atoms with Crippen molar-refractivity contribution >= 4 is 5.97 Å². The van der Waals surface area contributed by atoms with Gasteiger partial charge in [-0.1, -0.05) is 12.1 Å². The Balaban J connectivity index is 2.31. The van der Waals surface area contributed by atoms with Gasteiger partial charge in [0.15, 0.2) is 0 Å². The van der Waals surface area contributed by atoms with Gasteiger partial charge in [0.1, 0.15) is 5.75 Å². The molecule has 0 aliphatic rings. The number of methoxy groups -OCH3 is 1. The van der Waals surface area contributed by atoms with Crippen molar-refractivity contribution in [3.63, 3.8) is 0 Å². The lowest BCUT2D eigenvalue weighted by Gasteiger charge is -2.12. The molecule has 0 saturated heterocycles. The SMILES string of the molecule is COc1ccc(COC(C)CCC(=O)O)cc1. The van der Waals surface area contributed by atoms with Crippen molar-refractivity contribution < 1.29 is 19.4 Å². The molecule has 1 N–H and O–H groups in total. The van der Waals surface area contributed by atoms with Gasteiger partial charge in [0.05, 0.1) is 19.8 Å². The lowest BCUT2D eigenvalue weighted by Crippen LogP contribution is -2.10. The van der Waals surface area contributed by atoms with Crippen LogP contribution < -0.4 is 4.74 Å². The van der Waals surface area contributed by atoms with Gasteiger partial charge in [-0.05, 0) is 31.0 Å². The van der Waals surface area contributed by atoms with Crippen LogP contribution in [0.2, 0.25) is 0 Å². The van der Waals surface area contributed by atoms with Crippen LogP contribution in [0.4, 0.5) is 0 Å². The van der Waals surface area contributed by atoms with Crippen LogP contribution in [-0.2, 0) is 16.1 Å². The lowest BCUT2D eigenvalue weighted by molar-refractivity contribution is -0.137. The maximum Gasteiger partial charge on any atom is 0.303 e. The summed E-state index contributed by atoms with van der Waals surface area (Å²) < 4.78 is 10.6. The van der Waals surface area contributed by atoms with Gasteiger partial charge < -0.3 is 14.6 Å². The van der Waals surface area contributed by atoms with Gasteiger partial charge in [0.25, 0.3) is 0 Å². The molecule has 17 heavy (non-hydrogen) atoms. The highest BCUT2D eigenvalue weighted by Crippen LogP contribution is 2.13. The Hall–Kier alpha value is -1.55. The molecule has 1 aromatic carbocycles. The molecule has 0 aliphatic carbocycles. The minimum absolute atomic E-state index is 0.0480. The predicted molar refractivity (Wildman–Crippen MR) is 64.1 cm³/mol. The van der Waals surface area contributed by atoms with E-state index in [9.17, 15) is 4.79 Å². The van der Waals surface area contributed by atoms with E-state index in [0.29, 0.717) is 13.0 Å². The molecule has 0 radical (unpaired) electrons. The van der Waals surface area contributed by atoms with Crippen molar-refractivity contribution in [2.24, 2.45) is 0 Å². The minimum atomic E-state index is -0.787. The Kier molecular flexibility index (Phi) is 5.49. The molecule has 0 aliphatic heterocycles. The lowest BCUT2D eigenvalue weighted by atomic mass is 10.2. The number of hydrogen-bond donors (Lipinski definition) is 1. The largest absolute Gasteiger partial charge is 0.497 e. The minimum Gasteiger partial charge on any atom is -0.497 e. The predicted octanol–water partition coefficient (Wildman–Crippen LogP) is 2.47. The van der Waals surface area contributed by atoms with E-state index in [-0.39, 0.29) is 12.5 Å². The Bertz CT molecular complexity index is 345. The fourth-order valence-corrected chi connectivity index (χ4v) is 1.37. The van der Waals surface area contributed by atoms with Crippen LogP contribution >= 0.6 is 0 Å². The molecule has 1 unspecified atom stereocenters. The summed E-state index contributed by atoms with van der Waals surface area (Å²) in [4.78, 5) is 10.4. The molecular weight excluding hydrogens is 220 g/mol. The van der Waals surface area contributed by atoms with Crippen molar-refractivity contribution in [3.8, 4) is 5.75 Å². The highest BCUT2D eigenvalue weighted by atomic mass is 16.5. The fourth-order valence-electron chi connectivity index (χ4n) is 1.37. The third-order valence-corrected chi connectivity index (χ3v) is 2.46. The van der Waals surface area contributed by atoms with E-state index < -0.39 is 5.97 Å². The van der Waals surface area contributed by atoms with Gasteiger partial charge in [-0.3, -0.25) is 4.79 Å². The second-order valence-electron chi connectivity index (χ2n) is 3.90. The number of ether oxygens (including phenoxy) is 2. The van der Waals surface area contributed by atoms with E-state index in [2.05, 4.69) is 0 Å². The molecule has 0 amide bonds. The van der Waals surface area contributed by atoms with Crippen molar-refractivity contribution in [1.29, 1.82) is 0 Å². The summed E-state index contributed by atoms with van der Waals surface area (Å²) in [6.07, 6.45) is 0.628. The topological polar surface area (TPSA) is 55.8 Å². The number of rotatable bonds is 7. The molecule has 0 aromatic heterocycles. The Morgan fingerprint density at radius 3 is 2.53 bits per heavy atom. The number of aliphatic carboxylic acids is 1. The fraction of sp³-hybridized carbons (Fsp3) is 0.462. The zero-order valence-corrected chi connectivity index (χ0v) is 10.2. The second kappa shape index (κ2) is 6.91. The molecular formula is C13H18O4. The molecule has 94 valence electrons. The normalized spacial score (nSPS) is 12.1. The molecule has 0 fully saturated rings. The van der Waals surface area contributed by atoms with E-state index in [4.69, 9.17) is 14.6 Å². The molecule has 1 aromatic rings. The van der Waals surface area contributed by atoms with Gasteiger partial charge in [-0.15, -0.1) is 0 Å². The van der Waals surface area contributed by atoms with Crippen LogP contribution in [0, 0.1) is 0 Å². The molecule has 1 rings (SSSR count). The Morgan fingerprint density at radius 2 is 2.00 bits per heavy atom. The van der Waals surface area contributed by atoms with Gasteiger partial charge in [0, 0.05) is 6.42 Å². The van der Waals surface area contributed by atoms with Crippen LogP contribution in [0.3, 0.4) is 0 Å². The maximum atomic E-state index is 10.4. The van der Waals surface area contributed by atoms with E-state index in [1.54, 1.807) is 7.11 Å². The standard InChI is InChI=1S/C13H18O4/c1-10(3-8-13(14)15)17-9-11-4-6-12(16-2)7-5-11/h4-7,10H,3,8-9H2,1-2H3,(H,14,15). The van der Waals surface area contributed by atoms with Gasteiger partial charge in [0.2, 0.25) is 0 Å².